The highest BCUT2D eigenvalue weighted by atomic mass is 32.1. The van der Waals surface area contributed by atoms with Gasteiger partial charge in [0.05, 0.1) is 0 Å². The van der Waals surface area contributed by atoms with Gasteiger partial charge in [-0.15, -0.1) is 0 Å². The molecule has 2 rings (SSSR count). The summed E-state index contributed by atoms with van der Waals surface area (Å²) in [5.41, 5.74) is 6.49. The molecule has 1 aliphatic heterocycles. The lowest BCUT2D eigenvalue weighted by Gasteiger charge is -2.33. The Labute approximate surface area is 129 Å². The minimum Gasteiger partial charge on any atom is -0.370 e. The molecule has 116 valence electrons. The molecule has 6 heteroatoms. The molecule has 5 nitrogen and oxygen atoms in total. The van der Waals surface area contributed by atoms with Gasteiger partial charge in [0.1, 0.15) is 0 Å². The second-order valence-corrected chi connectivity index (χ2v) is 6.59. The van der Waals surface area contributed by atoms with Gasteiger partial charge in [0.2, 0.25) is 5.91 Å². The van der Waals surface area contributed by atoms with Crippen LogP contribution in [0.2, 0.25) is 0 Å². The number of thiophene rings is 1. The minimum atomic E-state index is -0.284. The molecule has 0 bridgehead atoms. The van der Waals surface area contributed by atoms with E-state index >= 15 is 0 Å². The molecule has 1 aliphatic rings. The first kappa shape index (κ1) is 15.8. The normalized spacial score (nSPS) is 20.0. The van der Waals surface area contributed by atoms with E-state index in [1.165, 1.54) is 5.56 Å². The van der Waals surface area contributed by atoms with Gasteiger partial charge in [-0.2, -0.15) is 11.3 Å². The van der Waals surface area contributed by atoms with Crippen LogP contribution < -0.4 is 11.1 Å². The number of nitrogens with zero attached hydrogens (tertiary/aromatic N) is 1. The number of carbonyl (C=O) groups excluding carboxylic acids is 2. The van der Waals surface area contributed by atoms with Crippen LogP contribution in [-0.4, -0.2) is 36.0 Å². The van der Waals surface area contributed by atoms with Crippen molar-refractivity contribution in [3.63, 3.8) is 0 Å². The maximum Gasteiger partial charge on any atom is 0.317 e. The summed E-state index contributed by atoms with van der Waals surface area (Å²) in [5.74, 6) is -0.0812. The number of rotatable bonds is 5. The van der Waals surface area contributed by atoms with E-state index in [1.807, 2.05) is 12.3 Å². The monoisotopic (exact) mass is 309 g/mol. The van der Waals surface area contributed by atoms with Crippen molar-refractivity contribution < 1.29 is 9.59 Å². The lowest BCUT2D eigenvalue weighted by Crippen LogP contribution is -2.48. The molecule has 1 fully saturated rings. The van der Waals surface area contributed by atoms with Crippen LogP contribution in [0.5, 0.6) is 0 Å². The first-order chi connectivity index (χ1) is 10.0. The molecule has 0 aliphatic carbocycles. The molecule has 1 saturated heterocycles. The summed E-state index contributed by atoms with van der Waals surface area (Å²) in [7, 11) is 0. The predicted molar refractivity (Wildman–Crippen MR) is 84.1 cm³/mol. The van der Waals surface area contributed by atoms with Crippen LogP contribution in [0.25, 0.3) is 0 Å². The summed E-state index contributed by atoms with van der Waals surface area (Å²) in [5, 5.41) is 7.19. The maximum atomic E-state index is 12.3. The minimum absolute atomic E-state index is 0.0353. The fraction of sp³-hybridized carbons (Fsp3) is 0.600. The quantitative estimate of drug-likeness (QED) is 0.872. The molecular weight excluding hydrogens is 286 g/mol. The molecule has 2 atom stereocenters. The van der Waals surface area contributed by atoms with Crippen LogP contribution in [0.1, 0.15) is 31.7 Å². The average Bonchev–Trinajstić information content (AvgIpc) is 2.90. The number of carbonyl (C=O) groups is 2. The Morgan fingerprint density at radius 3 is 3.05 bits per heavy atom. The Morgan fingerprint density at radius 2 is 2.38 bits per heavy atom. The third-order valence-electron chi connectivity index (χ3n) is 3.79. The number of hydrogen-bond acceptors (Lipinski definition) is 3. The molecule has 3 N–H and O–H groups in total. The molecule has 3 amide bonds. The molecule has 21 heavy (non-hydrogen) atoms. The van der Waals surface area contributed by atoms with Crippen molar-refractivity contribution in [3.8, 4) is 0 Å². The predicted octanol–water partition coefficient (Wildman–Crippen LogP) is 1.98. The molecule has 2 heterocycles. The molecule has 1 aromatic rings. The Hall–Kier alpha value is -1.56. The fourth-order valence-corrected chi connectivity index (χ4v) is 3.50. The van der Waals surface area contributed by atoms with E-state index in [1.54, 1.807) is 16.2 Å². The molecule has 0 radical (unpaired) electrons. The first-order valence-corrected chi connectivity index (χ1v) is 8.33. The third kappa shape index (κ3) is 5.04. The Bertz CT molecular complexity index is 475. The van der Waals surface area contributed by atoms with E-state index < -0.39 is 0 Å². The fourth-order valence-electron chi connectivity index (χ4n) is 2.82. The van der Waals surface area contributed by atoms with E-state index in [-0.39, 0.29) is 23.9 Å². The van der Waals surface area contributed by atoms with Crippen molar-refractivity contribution >= 4 is 23.3 Å². The summed E-state index contributed by atoms with van der Waals surface area (Å²) >= 11 is 1.67. The number of piperidine rings is 1. The lowest BCUT2D eigenvalue weighted by molar-refractivity contribution is -0.119. The second-order valence-electron chi connectivity index (χ2n) is 5.81. The highest BCUT2D eigenvalue weighted by molar-refractivity contribution is 7.07. The SMILES string of the molecule is C[C@@H](Cc1ccsc1)NC(=O)N1CCC[C@@H](CC(N)=O)C1. The number of nitrogens with two attached hydrogens (primary N) is 1. The maximum absolute atomic E-state index is 12.3. The molecule has 0 aromatic carbocycles. The van der Waals surface area contributed by atoms with Crippen LogP contribution in [0.4, 0.5) is 4.79 Å². The van der Waals surface area contributed by atoms with Gasteiger partial charge in [-0.1, -0.05) is 0 Å². The van der Waals surface area contributed by atoms with E-state index in [0.29, 0.717) is 13.0 Å². The van der Waals surface area contributed by atoms with Crippen molar-refractivity contribution in [1.82, 2.24) is 10.2 Å². The Balaban J connectivity index is 1.80. The lowest BCUT2D eigenvalue weighted by atomic mass is 9.95. The van der Waals surface area contributed by atoms with E-state index in [9.17, 15) is 9.59 Å². The van der Waals surface area contributed by atoms with Gasteiger partial charge in [0.25, 0.3) is 0 Å². The Kier molecular flexibility index (Phi) is 5.61. The number of primary amides is 1. The van der Waals surface area contributed by atoms with Crippen molar-refractivity contribution in [2.45, 2.75) is 38.6 Å². The highest BCUT2D eigenvalue weighted by Crippen LogP contribution is 2.19. The first-order valence-electron chi connectivity index (χ1n) is 7.39. The van der Waals surface area contributed by atoms with Crippen molar-refractivity contribution in [2.24, 2.45) is 11.7 Å². The average molecular weight is 309 g/mol. The van der Waals surface area contributed by atoms with Gasteiger partial charge in [0.15, 0.2) is 0 Å². The standard InChI is InChI=1S/C15H23N3O2S/c1-11(7-13-4-6-21-10-13)17-15(20)18-5-2-3-12(9-18)8-14(16)19/h4,6,10-12H,2-3,5,7-9H2,1H3,(H2,16,19)(H,17,20)/t11-,12-/m0/s1. The van der Waals surface area contributed by atoms with Crippen LogP contribution >= 0.6 is 11.3 Å². The van der Waals surface area contributed by atoms with Gasteiger partial charge >= 0.3 is 6.03 Å². The van der Waals surface area contributed by atoms with Crippen LogP contribution in [0, 0.1) is 5.92 Å². The smallest absolute Gasteiger partial charge is 0.317 e. The Morgan fingerprint density at radius 1 is 1.57 bits per heavy atom. The number of likely N-dealkylation sites (tertiary alicyclic amines) is 1. The topological polar surface area (TPSA) is 75.4 Å². The van der Waals surface area contributed by atoms with E-state index in [2.05, 4.69) is 16.8 Å². The largest absolute Gasteiger partial charge is 0.370 e. The number of nitrogens with one attached hydrogen (secondary N) is 1. The van der Waals surface area contributed by atoms with Gasteiger partial charge in [0, 0.05) is 25.6 Å². The molecule has 0 spiro atoms. The zero-order valence-corrected chi connectivity index (χ0v) is 13.2. The van der Waals surface area contributed by atoms with Gasteiger partial charge in [-0.25, -0.2) is 4.79 Å². The zero-order valence-electron chi connectivity index (χ0n) is 12.4. The van der Waals surface area contributed by atoms with Crippen LogP contribution in [0.15, 0.2) is 16.8 Å². The molecule has 1 aromatic heterocycles. The molecular formula is C15H23N3O2S. The van der Waals surface area contributed by atoms with Crippen molar-refractivity contribution in [2.75, 3.05) is 13.1 Å². The summed E-state index contributed by atoms with van der Waals surface area (Å²) in [4.78, 5) is 25.1. The van der Waals surface area contributed by atoms with Gasteiger partial charge < -0.3 is 16.0 Å². The molecule has 0 unspecified atom stereocenters. The molecule has 0 saturated carbocycles. The van der Waals surface area contributed by atoms with Gasteiger partial charge in [-0.05, 0) is 54.5 Å². The summed E-state index contributed by atoms with van der Waals surface area (Å²) in [6.45, 7) is 3.40. The van der Waals surface area contributed by atoms with E-state index in [0.717, 1.165) is 25.8 Å². The van der Waals surface area contributed by atoms with E-state index in [4.69, 9.17) is 5.73 Å². The highest BCUT2D eigenvalue weighted by Gasteiger charge is 2.25. The van der Waals surface area contributed by atoms with Crippen LogP contribution in [0.3, 0.4) is 0 Å². The second kappa shape index (κ2) is 7.45. The number of hydrogen-bond donors (Lipinski definition) is 2. The van der Waals surface area contributed by atoms with Crippen molar-refractivity contribution in [1.29, 1.82) is 0 Å². The summed E-state index contributed by atoms with van der Waals surface area (Å²) < 4.78 is 0. The number of urea groups is 1. The summed E-state index contributed by atoms with van der Waals surface area (Å²) in [6.07, 6.45) is 3.11. The number of amides is 3. The van der Waals surface area contributed by atoms with Gasteiger partial charge in [-0.3, -0.25) is 4.79 Å². The third-order valence-corrected chi connectivity index (χ3v) is 4.52. The van der Waals surface area contributed by atoms with Crippen molar-refractivity contribution in [3.05, 3.63) is 22.4 Å². The van der Waals surface area contributed by atoms with Crippen LogP contribution in [-0.2, 0) is 11.2 Å². The zero-order chi connectivity index (χ0) is 15.2. The summed E-state index contributed by atoms with van der Waals surface area (Å²) in [6, 6.07) is 2.15.